The minimum absolute atomic E-state index is 0.0969. The van der Waals surface area contributed by atoms with Crippen LogP contribution >= 0.6 is 11.6 Å². The summed E-state index contributed by atoms with van der Waals surface area (Å²) in [4.78, 5) is 12.5. The first-order chi connectivity index (χ1) is 10.7. The Labute approximate surface area is 136 Å². The van der Waals surface area contributed by atoms with E-state index in [-0.39, 0.29) is 30.4 Å². The summed E-state index contributed by atoms with van der Waals surface area (Å²) in [6, 6.07) is 8.02. The normalized spacial score (nSPS) is 39.0. The van der Waals surface area contributed by atoms with E-state index < -0.39 is 0 Å². The molecule has 4 heteroatoms. The van der Waals surface area contributed by atoms with Crippen molar-refractivity contribution in [2.24, 2.45) is 23.7 Å². The minimum atomic E-state index is 0.0969. The Kier molecular flexibility index (Phi) is 3.66. The van der Waals surface area contributed by atoms with Gasteiger partial charge in [0, 0.05) is 29.5 Å². The van der Waals surface area contributed by atoms with Crippen molar-refractivity contribution in [1.82, 2.24) is 5.32 Å². The molecule has 118 valence electrons. The van der Waals surface area contributed by atoms with Crippen molar-refractivity contribution in [3.8, 4) is 0 Å². The molecule has 0 saturated heterocycles. The van der Waals surface area contributed by atoms with Crippen LogP contribution < -0.4 is 5.32 Å². The highest BCUT2D eigenvalue weighted by Gasteiger charge is 2.50. The van der Waals surface area contributed by atoms with Crippen LogP contribution in [-0.4, -0.2) is 23.7 Å². The SMILES string of the molecule is O=C(NC1C2CCC(C2)C1CO)C1CC1c1ccc(Cl)cc1. The number of hydrogen-bond donors (Lipinski definition) is 2. The molecule has 0 spiro atoms. The smallest absolute Gasteiger partial charge is 0.223 e. The average Bonchev–Trinajstić information content (AvgIpc) is 3.08. The molecule has 2 N–H and O–H groups in total. The Hall–Kier alpha value is -1.06. The van der Waals surface area contributed by atoms with Crippen LogP contribution in [0.3, 0.4) is 0 Å². The molecule has 6 atom stereocenters. The lowest BCUT2D eigenvalue weighted by Crippen LogP contribution is -2.45. The van der Waals surface area contributed by atoms with Crippen LogP contribution in [0.4, 0.5) is 0 Å². The van der Waals surface area contributed by atoms with Crippen molar-refractivity contribution < 1.29 is 9.90 Å². The van der Waals surface area contributed by atoms with E-state index in [1.807, 2.05) is 24.3 Å². The molecule has 2 bridgehead atoms. The summed E-state index contributed by atoms with van der Waals surface area (Å²) in [5.41, 5.74) is 1.20. The summed E-state index contributed by atoms with van der Waals surface area (Å²) in [5.74, 6) is 2.08. The number of benzene rings is 1. The van der Waals surface area contributed by atoms with Crippen LogP contribution in [0.5, 0.6) is 0 Å². The monoisotopic (exact) mass is 319 g/mol. The lowest BCUT2D eigenvalue weighted by molar-refractivity contribution is -0.124. The maximum atomic E-state index is 12.5. The topological polar surface area (TPSA) is 49.3 Å². The van der Waals surface area contributed by atoms with Crippen molar-refractivity contribution in [2.75, 3.05) is 6.61 Å². The molecule has 6 unspecified atom stereocenters. The van der Waals surface area contributed by atoms with Crippen molar-refractivity contribution in [3.05, 3.63) is 34.9 Å². The maximum absolute atomic E-state index is 12.5. The number of carbonyl (C=O) groups excluding carboxylic acids is 1. The highest BCUT2D eigenvalue weighted by atomic mass is 35.5. The fraction of sp³-hybridized carbons (Fsp3) is 0.611. The number of amides is 1. The molecule has 3 aliphatic carbocycles. The number of nitrogens with one attached hydrogen (secondary N) is 1. The van der Waals surface area contributed by atoms with Gasteiger partial charge in [-0.25, -0.2) is 0 Å². The molecular formula is C18H22ClNO2. The molecular weight excluding hydrogens is 298 g/mol. The Morgan fingerprint density at radius 3 is 2.64 bits per heavy atom. The van der Waals surface area contributed by atoms with Crippen LogP contribution in [-0.2, 0) is 4.79 Å². The van der Waals surface area contributed by atoms with Gasteiger partial charge in [0.05, 0.1) is 0 Å². The summed E-state index contributed by atoms with van der Waals surface area (Å²) in [7, 11) is 0. The second-order valence-electron chi connectivity index (χ2n) is 7.21. The second kappa shape index (κ2) is 5.54. The second-order valence-corrected chi connectivity index (χ2v) is 7.65. The van der Waals surface area contributed by atoms with E-state index in [1.54, 1.807) is 0 Å². The van der Waals surface area contributed by atoms with Gasteiger partial charge in [-0.15, -0.1) is 0 Å². The zero-order chi connectivity index (χ0) is 15.3. The lowest BCUT2D eigenvalue weighted by Gasteiger charge is -2.30. The molecule has 0 aromatic heterocycles. The first kappa shape index (κ1) is 14.5. The number of hydrogen-bond acceptors (Lipinski definition) is 2. The van der Waals surface area contributed by atoms with Crippen LogP contribution in [0.2, 0.25) is 5.02 Å². The van der Waals surface area contributed by atoms with Gasteiger partial charge in [-0.2, -0.15) is 0 Å². The van der Waals surface area contributed by atoms with Gasteiger partial charge in [0.15, 0.2) is 0 Å². The maximum Gasteiger partial charge on any atom is 0.223 e. The minimum Gasteiger partial charge on any atom is -0.396 e. The number of aliphatic hydroxyl groups excluding tert-OH is 1. The highest BCUT2D eigenvalue weighted by molar-refractivity contribution is 6.30. The van der Waals surface area contributed by atoms with Crippen molar-refractivity contribution in [1.29, 1.82) is 0 Å². The molecule has 3 saturated carbocycles. The molecule has 1 amide bonds. The number of rotatable bonds is 4. The van der Waals surface area contributed by atoms with E-state index >= 15 is 0 Å². The van der Waals surface area contributed by atoms with Crippen molar-refractivity contribution in [2.45, 2.75) is 37.6 Å². The third-order valence-corrected chi connectivity index (χ3v) is 6.29. The van der Waals surface area contributed by atoms with E-state index in [2.05, 4.69) is 5.32 Å². The van der Waals surface area contributed by atoms with E-state index in [0.29, 0.717) is 17.8 Å². The third-order valence-electron chi connectivity index (χ3n) is 6.03. The third kappa shape index (κ3) is 2.44. The number of aliphatic hydroxyl groups is 1. The molecule has 4 rings (SSSR count). The number of carbonyl (C=O) groups is 1. The predicted molar refractivity (Wildman–Crippen MR) is 85.6 cm³/mol. The van der Waals surface area contributed by atoms with E-state index in [9.17, 15) is 9.90 Å². The van der Waals surface area contributed by atoms with Crippen LogP contribution in [0, 0.1) is 23.7 Å². The molecule has 0 radical (unpaired) electrons. The van der Waals surface area contributed by atoms with E-state index in [1.165, 1.54) is 24.8 Å². The van der Waals surface area contributed by atoms with Gasteiger partial charge >= 0.3 is 0 Å². The van der Waals surface area contributed by atoms with Gasteiger partial charge in [-0.3, -0.25) is 4.79 Å². The molecule has 0 aliphatic heterocycles. The number of halogens is 1. The van der Waals surface area contributed by atoms with Crippen LogP contribution in [0.1, 0.15) is 37.2 Å². The van der Waals surface area contributed by atoms with Gasteiger partial charge in [-0.05, 0) is 61.1 Å². The molecule has 22 heavy (non-hydrogen) atoms. The first-order valence-electron chi connectivity index (χ1n) is 8.34. The first-order valence-corrected chi connectivity index (χ1v) is 8.72. The summed E-state index contributed by atoms with van der Waals surface area (Å²) >= 11 is 5.91. The lowest BCUT2D eigenvalue weighted by atomic mass is 9.85. The quantitative estimate of drug-likeness (QED) is 0.896. The fourth-order valence-electron chi connectivity index (χ4n) is 4.73. The zero-order valence-corrected chi connectivity index (χ0v) is 13.3. The van der Waals surface area contributed by atoms with Crippen LogP contribution in [0.15, 0.2) is 24.3 Å². The highest BCUT2D eigenvalue weighted by Crippen LogP contribution is 2.50. The summed E-state index contributed by atoms with van der Waals surface area (Å²) in [5, 5.41) is 13.6. The van der Waals surface area contributed by atoms with Gasteiger partial charge in [0.1, 0.15) is 0 Å². The van der Waals surface area contributed by atoms with Crippen LogP contribution in [0.25, 0.3) is 0 Å². The van der Waals surface area contributed by atoms with Crippen molar-refractivity contribution >= 4 is 17.5 Å². The molecule has 3 aliphatic rings. The van der Waals surface area contributed by atoms with Crippen molar-refractivity contribution in [3.63, 3.8) is 0 Å². The molecule has 3 nitrogen and oxygen atoms in total. The Bertz CT molecular complexity index is 573. The Balaban J connectivity index is 1.38. The molecule has 1 aromatic carbocycles. The number of fused-ring (bicyclic) bond motifs is 2. The van der Waals surface area contributed by atoms with Gasteiger partial charge in [0.2, 0.25) is 5.91 Å². The summed E-state index contributed by atoms with van der Waals surface area (Å²) < 4.78 is 0. The Morgan fingerprint density at radius 2 is 1.91 bits per heavy atom. The largest absolute Gasteiger partial charge is 0.396 e. The van der Waals surface area contributed by atoms with Gasteiger partial charge in [0.25, 0.3) is 0 Å². The van der Waals surface area contributed by atoms with E-state index in [4.69, 9.17) is 11.6 Å². The average molecular weight is 320 g/mol. The fourth-order valence-corrected chi connectivity index (χ4v) is 4.86. The summed E-state index contributed by atoms with van der Waals surface area (Å²) in [6.07, 6.45) is 4.54. The molecule has 0 heterocycles. The standard InChI is InChI=1S/C18H22ClNO2/c19-13-5-3-10(4-6-13)14-8-15(14)18(22)20-17-12-2-1-11(7-12)16(17)9-21/h3-6,11-12,14-17,21H,1-2,7-9H2,(H,20,22). The summed E-state index contributed by atoms with van der Waals surface area (Å²) in [6.45, 7) is 0.206. The zero-order valence-electron chi connectivity index (χ0n) is 12.5. The molecule has 3 fully saturated rings. The van der Waals surface area contributed by atoms with Gasteiger partial charge < -0.3 is 10.4 Å². The Morgan fingerprint density at radius 1 is 1.18 bits per heavy atom. The van der Waals surface area contributed by atoms with E-state index in [0.717, 1.165) is 11.4 Å². The predicted octanol–water partition coefficient (Wildman–Crippen LogP) is 2.97. The van der Waals surface area contributed by atoms with Gasteiger partial charge in [-0.1, -0.05) is 23.7 Å². The molecule has 1 aromatic rings.